The number of carbonyl (C=O) groups excluding carboxylic acids is 3. The number of ether oxygens (including phenoxy) is 1. The second-order valence-corrected chi connectivity index (χ2v) is 8.04. The van der Waals surface area contributed by atoms with Gasteiger partial charge in [0, 0.05) is 18.3 Å². The minimum atomic E-state index is -0.841. The van der Waals surface area contributed by atoms with Crippen LogP contribution in [0.2, 0.25) is 5.02 Å². The third-order valence-electron chi connectivity index (χ3n) is 4.13. The number of esters is 1. The highest BCUT2D eigenvalue weighted by atomic mass is 35.5. The Morgan fingerprint density at radius 3 is 2.48 bits per heavy atom. The van der Waals surface area contributed by atoms with Crippen molar-refractivity contribution >= 4 is 35.2 Å². The van der Waals surface area contributed by atoms with Crippen LogP contribution in [0, 0.1) is 5.92 Å². The first-order valence-electron chi connectivity index (χ1n) is 8.77. The van der Waals surface area contributed by atoms with Crippen LogP contribution in [-0.2, 0) is 19.1 Å². The molecule has 148 valence electrons. The molecule has 0 unspecified atom stereocenters. The zero-order valence-corrected chi connectivity index (χ0v) is 16.4. The summed E-state index contributed by atoms with van der Waals surface area (Å²) in [5, 5.41) is 5.44. The number of hydrogen-bond donors (Lipinski definition) is 3. The van der Waals surface area contributed by atoms with E-state index in [-0.39, 0.29) is 23.7 Å². The first-order chi connectivity index (χ1) is 12.5. The lowest BCUT2D eigenvalue weighted by Crippen LogP contribution is -2.54. The van der Waals surface area contributed by atoms with Crippen molar-refractivity contribution in [2.75, 3.05) is 5.32 Å². The zero-order chi connectivity index (χ0) is 20.2. The summed E-state index contributed by atoms with van der Waals surface area (Å²) >= 11 is 5.72. The fraction of sp³-hybridized carbons (Fsp3) is 0.556. The number of anilines is 1. The van der Waals surface area contributed by atoms with Gasteiger partial charge in [0.1, 0.15) is 11.4 Å². The molecule has 3 atom stereocenters. The molecule has 0 spiro atoms. The molecule has 0 radical (unpaired) electrons. The second-order valence-electron chi connectivity index (χ2n) is 7.60. The van der Waals surface area contributed by atoms with Crippen LogP contribution in [0.25, 0.3) is 0 Å². The topological polar surface area (TPSA) is 123 Å². The molecule has 1 aromatic rings. The monoisotopic (exact) mass is 396 g/mol. The van der Waals surface area contributed by atoms with Crippen LogP contribution in [0.15, 0.2) is 18.3 Å². The minimum Gasteiger partial charge on any atom is -0.460 e. The first-order valence-corrected chi connectivity index (χ1v) is 9.15. The Kier molecular flexibility index (Phi) is 6.78. The smallest absolute Gasteiger partial charge is 0.314 e. The zero-order valence-electron chi connectivity index (χ0n) is 15.6. The molecule has 0 bridgehead atoms. The molecule has 27 heavy (non-hydrogen) atoms. The van der Waals surface area contributed by atoms with Crippen molar-refractivity contribution in [2.45, 2.75) is 57.7 Å². The maximum atomic E-state index is 12.2. The van der Waals surface area contributed by atoms with Crippen molar-refractivity contribution in [1.29, 1.82) is 0 Å². The van der Waals surface area contributed by atoms with Crippen LogP contribution < -0.4 is 16.4 Å². The lowest BCUT2D eigenvalue weighted by atomic mass is 9.82. The molecule has 1 aliphatic carbocycles. The number of nitrogens with one attached hydrogen (secondary N) is 2. The van der Waals surface area contributed by atoms with Crippen LogP contribution in [0.5, 0.6) is 0 Å². The number of amides is 2. The molecular formula is C18H25ClN4O4. The van der Waals surface area contributed by atoms with Gasteiger partial charge in [0.15, 0.2) is 0 Å². The van der Waals surface area contributed by atoms with E-state index in [4.69, 9.17) is 22.1 Å². The van der Waals surface area contributed by atoms with E-state index < -0.39 is 23.5 Å². The minimum absolute atomic E-state index is 0.220. The van der Waals surface area contributed by atoms with E-state index in [9.17, 15) is 14.4 Å². The Hall–Kier alpha value is -2.19. The summed E-state index contributed by atoms with van der Waals surface area (Å²) < 4.78 is 5.39. The predicted octanol–water partition coefficient (Wildman–Crippen LogP) is 1.63. The summed E-state index contributed by atoms with van der Waals surface area (Å²) in [6.07, 6.45) is 2.78. The molecule has 1 aromatic heterocycles. The summed E-state index contributed by atoms with van der Waals surface area (Å²) in [4.78, 5) is 40.2. The first kappa shape index (κ1) is 21.1. The molecule has 9 heteroatoms. The Morgan fingerprint density at radius 2 is 1.93 bits per heavy atom. The largest absolute Gasteiger partial charge is 0.460 e. The van der Waals surface area contributed by atoms with Crippen molar-refractivity contribution < 1.29 is 19.1 Å². The van der Waals surface area contributed by atoms with E-state index in [1.165, 1.54) is 12.3 Å². The van der Waals surface area contributed by atoms with Gasteiger partial charge in [-0.2, -0.15) is 0 Å². The average Bonchev–Trinajstić information content (AvgIpc) is 2.57. The van der Waals surface area contributed by atoms with Gasteiger partial charge in [-0.25, -0.2) is 4.98 Å². The molecule has 0 saturated heterocycles. The fourth-order valence-corrected chi connectivity index (χ4v) is 2.95. The molecule has 2 rings (SSSR count). The van der Waals surface area contributed by atoms with Gasteiger partial charge < -0.3 is 21.1 Å². The Balaban J connectivity index is 1.85. The molecule has 1 heterocycles. The molecule has 8 nitrogen and oxygen atoms in total. The standard InChI is InChI=1S/C18H25ClN4O4/c1-18(2,3)27-17(26)10-4-6-13(12(20)8-10)22-15(24)16(25)23-14-7-5-11(19)9-21-14/h5,7,9-10,12-13H,4,6,8,20H2,1-3H3,(H,22,24)(H,21,23,25)/t10-,12+,13-/m0/s1. The summed E-state index contributed by atoms with van der Waals surface area (Å²) in [5.74, 6) is -2.01. The highest BCUT2D eigenvalue weighted by Crippen LogP contribution is 2.26. The van der Waals surface area contributed by atoms with Gasteiger partial charge in [-0.05, 0) is 52.2 Å². The van der Waals surface area contributed by atoms with E-state index >= 15 is 0 Å². The van der Waals surface area contributed by atoms with Crippen LogP contribution in [-0.4, -0.2) is 40.5 Å². The molecule has 0 aromatic carbocycles. The Bertz CT molecular complexity index is 702. The van der Waals surface area contributed by atoms with Gasteiger partial charge in [-0.1, -0.05) is 11.6 Å². The Morgan fingerprint density at radius 1 is 1.22 bits per heavy atom. The van der Waals surface area contributed by atoms with E-state index in [0.29, 0.717) is 24.3 Å². The van der Waals surface area contributed by atoms with Gasteiger partial charge >= 0.3 is 17.8 Å². The van der Waals surface area contributed by atoms with Gasteiger partial charge in [-0.3, -0.25) is 14.4 Å². The number of aromatic nitrogens is 1. The number of pyridine rings is 1. The highest BCUT2D eigenvalue weighted by Gasteiger charge is 2.35. The van der Waals surface area contributed by atoms with Gasteiger partial charge in [0.2, 0.25) is 0 Å². The lowest BCUT2D eigenvalue weighted by molar-refractivity contribution is -0.161. The van der Waals surface area contributed by atoms with E-state index in [1.54, 1.807) is 6.07 Å². The van der Waals surface area contributed by atoms with Crippen molar-refractivity contribution in [3.05, 3.63) is 23.4 Å². The van der Waals surface area contributed by atoms with Crippen LogP contribution in [0.3, 0.4) is 0 Å². The Labute approximate surface area is 163 Å². The van der Waals surface area contributed by atoms with Crippen LogP contribution in [0.1, 0.15) is 40.0 Å². The molecule has 1 fully saturated rings. The third kappa shape index (κ3) is 6.48. The van der Waals surface area contributed by atoms with Gasteiger partial charge in [-0.15, -0.1) is 0 Å². The highest BCUT2D eigenvalue weighted by molar-refractivity contribution is 6.39. The van der Waals surface area contributed by atoms with Crippen molar-refractivity contribution in [3.8, 4) is 0 Å². The second kappa shape index (κ2) is 8.67. The van der Waals surface area contributed by atoms with Gasteiger partial charge in [0.25, 0.3) is 0 Å². The number of halogens is 1. The number of nitrogens with zero attached hydrogens (tertiary/aromatic N) is 1. The predicted molar refractivity (Wildman–Crippen MR) is 101 cm³/mol. The fourth-order valence-electron chi connectivity index (χ4n) is 2.84. The number of hydrogen-bond acceptors (Lipinski definition) is 6. The summed E-state index contributed by atoms with van der Waals surface area (Å²) in [6.45, 7) is 5.43. The molecule has 1 aliphatic rings. The maximum absolute atomic E-state index is 12.2. The number of carbonyl (C=O) groups is 3. The van der Waals surface area contributed by atoms with Gasteiger partial charge in [0.05, 0.1) is 10.9 Å². The summed E-state index contributed by atoms with van der Waals surface area (Å²) in [6, 6.07) is 2.21. The maximum Gasteiger partial charge on any atom is 0.314 e. The SMILES string of the molecule is CC(C)(C)OC(=O)[C@H]1CC[C@H](NC(=O)C(=O)Nc2ccc(Cl)cn2)[C@H](N)C1. The molecule has 0 aliphatic heterocycles. The number of nitrogens with two attached hydrogens (primary N) is 1. The van der Waals surface area contributed by atoms with Crippen molar-refractivity contribution in [1.82, 2.24) is 10.3 Å². The normalized spacial score (nSPS) is 22.6. The van der Waals surface area contributed by atoms with Crippen LogP contribution >= 0.6 is 11.6 Å². The number of rotatable bonds is 3. The lowest BCUT2D eigenvalue weighted by Gasteiger charge is -2.34. The van der Waals surface area contributed by atoms with E-state index in [2.05, 4.69) is 15.6 Å². The molecule has 4 N–H and O–H groups in total. The average molecular weight is 397 g/mol. The van der Waals surface area contributed by atoms with Crippen molar-refractivity contribution in [2.24, 2.45) is 11.7 Å². The van der Waals surface area contributed by atoms with E-state index in [1.807, 2.05) is 20.8 Å². The molecule has 2 amide bonds. The van der Waals surface area contributed by atoms with E-state index in [0.717, 1.165) is 0 Å². The molecular weight excluding hydrogens is 372 g/mol. The summed E-state index contributed by atoms with van der Waals surface area (Å²) in [7, 11) is 0. The quantitative estimate of drug-likeness (QED) is 0.527. The van der Waals surface area contributed by atoms with Crippen LogP contribution in [0.4, 0.5) is 5.82 Å². The van der Waals surface area contributed by atoms with Crippen molar-refractivity contribution in [3.63, 3.8) is 0 Å². The third-order valence-corrected chi connectivity index (χ3v) is 4.36. The summed E-state index contributed by atoms with van der Waals surface area (Å²) in [5.41, 5.74) is 5.55. The molecule has 1 saturated carbocycles.